The molecule has 0 amide bonds. The second kappa shape index (κ2) is 11.7. The summed E-state index contributed by atoms with van der Waals surface area (Å²) in [6.07, 6.45) is 0.266. The van der Waals surface area contributed by atoms with Crippen LogP contribution in [0.1, 0.15) is 43.0 Å². The number of pyridine rings is 1. The van der Waals surface area contributed by atoms with Gasteiger partial charge in [0.1, 0.15) is 11.9 Å². The number of aliphatic carboxylic acids is 1. The predicted octanol–water partition coefficient (Wildman–Crippen LogP) is 5.89. The Kier molecular flexibility index (Phi) is 8.70. The number of aryl methyl sites for hydroxylation is 1. The molecule has 0 fully saturated rings. The SMILES string of the molecule is Cc1ccccc1-c1cc(-c2ccc(F)cc2)c(C#CO[P+](=O)C[C@@H](O)CC(=O)O)c(C(C)C)n1. The summed E-state index contributed by atoms with van der Waals surface area (Å²) in [6.45, 7) is 5.96. The first kappa shape index (κ1) is 26.0. The Bertz CT molecular complexity index is 1300. The van der Waals surface area contributed by atoms with Crippen molar-refractivity contribution < 1.29 is 28.5 Å². The smallest absolute Gasteiger partial charge is 0.481 e. The van der Waals surface area contributed by atoms with Gasteiger partial charge in [0.05, 0.1) is 23.4 Å². The standard InChI is InChI=1S/C27H25FNO5P/c1-17(2)27-23(12-13-34-35(33)16-21(30)14-26(31)32)24(19-8-10-20(28)11-9-19)15-25(29-27)22-7-5-4-6-18(22)3/h4-11,15,17,21,30H,14,16H2,1-3H3/p+1/t21-/m0/s1. The van der Waals surface area contributed by atoms with E-state index in [0.29, 0.717) is 11.3 Å². The van der Waals surface area contributed by atoms with Crippen LogP contribution in [-0.4, -0.2) is 33.4 Å². The minimum Gasteiger partial charge on any atom is -0.481 e. The molecule has 1 heterocycles. The van der Waals surface area contributed by atoms with Crippen molar-refractivity contribution in [2.75, 3.05) is 6.16 Å². The first-order chi connectivity index (χ1) is 16.7. The largest absolute Gasteiger partial charge is 0.567 e. The average molecular weight is 494 g/mol. The normalized spacial score (nSPS) is 12.0. The number of aliphatic hydroxyl groups is 1. The van der Waals surface area contributed by atoms with Crippen LogP contribution in [0.3, 0.4) is 0 Å². The van der Waals surface area contributed by atoms with Crippen molar-refractivity contribution in [3.05, 3.63) is 77.2 Å². The monoisotopic (exact) mass is 494 g/mol. The molecule has 0 bridgehead atoms. The van der Waals surface area contributed by atoms with E-state index in [4.69, 9.17) is 14.6 Å². The molecule has 35 heavy (non-hydrogen) atoms. The second-order valence-corrected chi connectivity index (χ2v) is 9.59. The van der Waals surface area contributed by atoms with Gasteiger partial charge < -0.3 is 10.2 Å². The molecule has 3 rings (SSSR count). The molecule has 2 N–H and O–H groups in total. The van der Waals surface area contributed by atoms with Crippen LogP contribution >= 0.6 is 8.03 Å². The van der Waals surface area contributed by atoms with Crippen molar-refractivity contribution >= 4 is 14.0 Å². The molecule has 0 aliphatic heterocycles. The van der Waals surface area contributed by atoms with E-state index in [1.807, 2.05) is 51.1 Å². The van der Waals surface area contributed by atoms with Gasteiger partial charge in [-0.2, -0.15) is 4.52 Å². The van der Waals surface area contributed by atoms with Crippen molar-refractivity contribution in [2.24, 2.45) is 0 Å². The van der Waals surface area contributed by atoms with Gasteiger partial charge in [0.25, 0.3) is 0 Å². The molecule has 0 saturated heterocycles. The number of halogens is 1. The van der Waals surface area contributed by atoms with Crippen molar-refractivity contribution in [3.63, 3.8) is 0 Å². The molecule has 180 valence electrons. The van der Waals surface area contributed by atoms with Crippen LogP contribution in [0, 0.1) is 24.8 Å². The van der Waals surface area contributed by atoms with Crippen LogP contribution in [0.5, 0.6) is 0 Å². The zero-order chi connectivity index (χ0) is 25.5. The lowest BCUT2D eigenvalue weighted by Gasteiger charge is -2.16. The number of carbonyl (C=O) groups is 1. The van der Waals surface area contributed by atoms with Crippen molar-refractivity contribution in [1.82, 2.24) is 4.98 Å². The topological polar surface area (TPSA) is 96.7 Å². The van der Waals surface area contributed by atoms with Gasteiger partial charge in [0, 0.05) is 11.1 Å². The van der Waals surface area contributed by atoms with Gasteiger partial charge >= 0.3 is 14.0 Å². The molecular formula is C27H26FNO5P+. The summed E-state index contributed by atoms with van der Waals surface area (Å²) in [6, 6.07) is 15.8. The highest BCUT2D eigenvalue weighted by Crippen LogP contribution is 2.34. The van der Waals surface area contributed by atoms with Crippen LogP contribution in [0.25, 0.3) is 22.4 Å². The minimum absolute atomic E-state index is 0.0198. The Labute approximate surface area is 204 Å². The molecule has 2 aromatic carbocycles. The van der Waals surface area contributed by atoms with Crippen molar-refractivity contribution in [1.29, 1.82) is 0 Å². The van der Waals surface area contributed by atoms with E-state index in [1.165, 1.54) is 12.1 Å². The van der Waals surface area contributed by atoms with E-state index in [-0.39, 0.29) is 17.9 Å². The van der Waals surface area contributed by atoms with E-state index in [1.54, 1.807) is 12.1 Å². The number of carboxylic acid groups (broad SMARTS) is 1. The third-order valence-electron chi connectivity index (χ3n) is 5.26. The fourth-order valence-electron chi connectivity index (χ4n) is 3.57. The van der Waals surface area contributed by atoms with E-state index in [2.05, 4.69) is 12.0 Å². The van der Waals surface area contributed by atoms with E-state index >= 15 is 0 Å². The lowest BCUT2D eigenvalue weighted by Crippen LogP contribution is -2.15. The van der Waals surface area contributed by atoms with Gasteiger partial charge in [-0.25, -0.2) is 4.39 Å². The third-order valence-corrected chi connectivity index (χ3v) is 6.28. The Hall–Kier alpha value is -3.59. The molecule has 8 heteroatoms. The fourth-order valence-corrected chi connectivity index (χ4v) is 4.26. The first-order valence-electron chi connectivity index (χ1n) is 11.0. The zero-order valence-corrected chi connectivity index (χ0v) is 20.6. The summed E-state index contributed by atoms with van der Waals surface area (Å²) in [4.78, 5) is 15.6. The molecule has 2 atom stereocenters. The summed E-state index contributed by atoms with van der Waals surface area (Å²) in [5.74, 6) is 1.33. The quantitative estimate of drug-likeness (QED) is 0.299. The van der Waals surface area contributed by atoms with Crippen molar-refractivity contribution in [2.45, 2.75) is 39.2 Å². The third kappa shape index (κ3) is 6.95. The Morgan fingerprint density at radius 2 is 1.83 bits per heavy atom. The Balaban J connectivity index is 2.07. The molecule has 1 aromatic heterocycles. The molecule has 0 radical (unpaired) electrons. The van der Waals surface area contributed by atoms with Gasteiger partial charge in [0.2, 0.25) is 6.16 Å². The maximum Gasteiger partial charge on any atom is 0.567 e. The minimum atomic E-state index is -2.39. The van der Waals surface area contributed by atoms with Crippen LogP contribution in [0.2, 0.25) is 0 Å². The second-order valence-electron chi connectivity index (χ2n) is 8.38. The molecule has 3 aromatic rings. The van der Waals surface area contributed by atoms with Crippen LogP contribution in [0.4, 0.5) is 4.39 Å². The maximum absolute atomic E-state index is 13.6. The average Bonchev–Trinajstić information content (AvgIpc) is 2.79. The molecule has 0 spiro atoms. The molecule has 0 saturated carbocycles. The van der Waals surface area contributed by atoms with Gasteiger partial charge in [-0.15, -0.1) is 0 Å². The highest BCUT2D eigenvalue weighted by atomic mass is 31.1. The maximum atomic E-state index is 13.6. The first-order valence-corrected chi connectivity index (χ1v) is 12.4. The summed E-state index contributed by atoms with van der Waals surface area (Å²) in [7, 11) is -2.39. The van der Waals surface area contributed by atoms with Crippen LogP contribution in [0.15, 0.2) is 54.6 Å². The lowest BCUT2D eigenvalue weighted by atomic mass is 9.92. The van der Waals surface area contributed by atoms with Gasteiger partial charge in [-0.05, 0) is 52.7 Å². The number of aliphatic hydroxyl groups excluding tert-OH is 1. The van der Waals surface area contributed by atoms with E-state index in [0.717, 1.165) is 27.9 Å². The highest BCUT2D eigenvalue weighted by Gasteiger charge is 2.25. The number of benzene rings is 2. The predicted molar refractivity (Wildman–Crippen MR) is 133 cm³/mol. The summed E-state index contributed by atoms with van der Waals surface area (Å²) in [5.41, 5.74) is 5.47. The van der Waals surface area contributed by atoms with Gasteiger partial charge in [-0.1, -0.05) is 50.2 Å². The van der Waals surface area contributed by atoms with Crippen LogP contribution < -0.4 is 0 Å². The highest BCUT2D eigenvalue weighted by molar-refractivity contribution is 7.39. The van der Waals surface area contributed by atoms with Crippen molar-refractivity contribution in [3.8, 4) is 34.4 Å². The molecule has 1 unspecified atom stereocenters. The number of rotatable bonds is 8. The summed E-state index contributed by atoms with van der Waals surface area (Å²) in [5, 5.41) is 18.4. The molecular weight excluding hydrogens is 468 g/mol. The van der Waals surface area contributed by atoms with E-state index < -0.39 is 26.5 Å². The van der Waals surface area contributed by atoms with Gasteiger partial charge in [-0.3, -0.25) is 9.78 Å². The summed E-state index contributed by atoms with van der Waals surface area (Å²) < 4.78 is 30.8. The van der Waals surface area contributed by atoms with Crippen LogP contribution in [-0.2, 0) is 13.9 Å². The molecule has 6 nitrogen and oxygen atoms in total. The molecule has 0 aliphatic carbocycles. The fraction of sp³-hybridized carbons (Fsp3) is 0.259. The number of nitrogens with zero attached hydrogens (tertiary/aromatic N) is 1. The molecule has 0 aliphatic rings. The van der Waals surface area contributed by atoms with Gasteiger partial charge in [0.15, 0.2) is 6.11 Å². The zero-order valence-electron chi connectivity index (χ0n) is 19.7. The number of carboxylic acids is 1. The number of hydrogen-bond acceptors (Lipinski definition) is 5. The Morgan fingerprint density at radius 1 is 1.14 bits per heavy atom. The lowest BCUT2D eigenvalue weighted by molar-refractivity contribution is -0.138. The number of aromatic nitrogens is 1. The summed E-state index contributed by atoms with van der Waals surface area (Å²) >= 11 is 0. The number of hydrogen-bond donors (Lipinski definition) is 2. The Morgan fingerprint density at radius 3 is 2.46 bits per heavy atom. The van der Waals surface area contributed by atoms with E-state index in [9.17, 15) is 18.9 Å².